The summed E-state index contributed by atoms with van der Waals surface area (Å²) in [6, 6.07) is 4.70. The van der Waals surface area contributed by atoms with Crippen molar-refractivity contribution in [3.05, 3.63) is 45.2 Å². The maximum Gasteiger partial charge on any atom is 0.341 e. The van der Waals surface area contributed by atoms with E-state index in [1.165, 1.54) is 6.07 Å². The van der Waals surface area contributed by atoms with Crippen LogP contribution in [0.1, 0.15) is 73.6 Å². The minimum Gasteiger partial charge on any atom is -0.493 e. The van der Waals surface area contributed by atoms with Gasteiger partial charge in [0, 0.05) is 36.6 Å². The molecule has 8 nitrogen and oxygen atoms in total. The van der Waals surface area contributed by atoms with Crippen molar-refractivity contribution in [3.63, 3.8) is 0 Å². The summed E-state index contributed by atoms with van der Waals surface area (Å²) in [6.07, 6.45) is 2.41. The summed E-state index contributed by atoms with van der Waals surface area (Å²) in [5.41, 5.74) is 2.23. The number of ether oxygens (including phenoxy) is 2. The molecule has 0 spiro atoms. The third-order valence-corrected chi connectivity index (χ3v) is 6.70. The maximum absolute atomic E-state index is 13.1. The molecule has 1 unspecified atom stereocenters. The summed E-state index contributed by atoms with van der Waals surface area (Å²) in [6.45, 7) is 8.84. The lowest BCUT2D eigenvalue weighted by atomic mass is 9.97. The third kappa shape index (κ3) is 5.11. The molecule has 180 valence electrons. The molecule has 1 saturated carbocycles. The van der Waals surface area contributed by atoms with Gasteiger partial charge >= 0.3 is 5.97 Å². The quantitative estimate of drug-likeness (QED) is 0.422. The normalized spacial score (nSPS) is 17.3. The highest BCUT2D eigenvalue weighted by atomic mass is 32.2. The monoisotopic (exact) mass is 476 g/mol. The Morgan fingerprint density at radius 3 is 2.52 bits per heavy atom. The molecule has 33 heavy (non-hydrogen) atoms. The number of aromatic nitrogens is 1. The fraction of sp³-hybridized carbons (Fsp3) is 0.500. The van der Waals surface area contributed by atoms with Crippen LogP contribution in [-0.4, -0.2) is 45.6 Å². The number of aromatic carboxylic acids is 1. The average molecular weight is 477 g/mol. The molecule has 0 radical (unpaired) electrons. The van der Waals surface area contributed by atoms with E-state index in [-0.39, 0.29) is 11.6 Å². The summed E-state index contributed by atoms with van der Waals surface area (Å²) < 4.78 is 13.7. The van der Waals surface area contributed by atoms with Crippen LogP contribution in [-0.2, 0) is 4.74 Å². The molecule has 2 aromatic rings. The molecule has 0 amide bonds. The Labute approximate surface area is 198 Å². The van der Waals surface area contributed by atoms with Crippen LogP contribution in [0, 0.1) is 6.92 Å². The maximum atomic E-state index is 13.1. The van der Waals surface area contributed by atoms with Gasteiger partial charge in [-0.3, -0.25) is 4.79 Å². The average Bonchev–Trinajstić information content (AvgIpc) is 3.64. The highest BCUT2D eigenvalue weighted by Gasteiger charge is 2.36. The molecule has 2 N–H and O–H groups in total. The first-order valence-electron chi connectivity index (χ1n) is 11.3. The zero-order valence-corrected chi connectivity index (χ0v) is 20.6. The lowest BCUT2D eigenvalue weighted by Crippen LogP contribution is -2.29. The lowest BCUT2D eigenvalue weighted by Gasteiger charge is -2.22. The number of carboxylic acids is 1. The van der Waals surface area contributed by atoms with Crippen LogP contribution in [0.25, 0.3) is 11.3 Å². The van der Waals surface area contributed by atoms with Crippen molar-refractivity contribution >= 4 is 17.9 Å². The first-order valence-corrected chi connectivity index (χ1v) is 12.1. The summed E-state index contributed by atoms with van der Waals surface area (Å²) in [5, 5.41) is 20.3. The molecule has 1 aliphatic carbocycles. The molecule has 0 bridgehead atoms. The highest BCUT2D eigenvalue weighted by Crippen LogP contribution is 2.48. The molecule has 0 saturated heterocycles. The van der Waals surface area contributed by atoms with Gasteiger partial charge in [-0.05, 0) is 68.0 Å². The Kier molecular flexibility index (Phi) is 8.23. The minimum atomic E-state index is -1.26. The van der Waals surface area contributed by atoms with E-state index in [2.05, 4.69) is 0 Å². The zero-order chi connectivity index (χ0) is 24.3. The second kappa shape index (κ2) is 10.7. The smallest absolute Gasteiger partial charge is 0.341 e. The number of pyridine rings is 1. The molecule has 1 atom stereocenters. The molecular formula is C24H32N2O6S. The number of hydrogen-bond acceptors (Lipinski definition) is 7. The molecule has 4 rings (SSSR count). The van der Waals surface area contributed by atoms with Crippen LogP contribution in [0.5, 0.6) is 5.75 Å². The molecule has 2 aliphatic rings. The second-order valence-electron chi connectivity index (χ2n) is 7.95. The van der Waals surface area contributed by atoms with Gasteiger partial charge in [-0.15, -0.1) is 4.47 Å². The Morgan fingerprint density at radius 2 is 1.91 bits per heavy atom. The van der Waals surface area contributed by atoms with Crippen molar-refractivity contribution in [2.24, 2.45) is 0 Å². The number of hydrogen-bond donors (Lipinski definition) is 2. The van der Waals surface area contributed by atoms with Crippen molar-refractivity contribution in [1.82, 2.24) is 9.04 Å². The Balaban J connectivity index is 0.00000149. The van der Waals surface area contributed by atoms with Crippen LogP contribution in [0.3, 0.4) is 0 Å². The molecule has 2 heterocycles. The van der Waals surface area contributed by atoms with E-state index in [1.54, 1.807) is 18.6 Å². The van der Waals surface area contributed by atoms with E-state index in [1.807, 2.05) is 32.9 Å². The number of fused-ring (bicyclic) bond motifs is 3. The van der Waals surface area contributed by atoms with E-state index in [4.69, 9.17) is 9.47 Å². The Hall–Kier alpha value is -2.33. The van der Waals surface area contributed by atoms with Gasteiger partial charge in [0.05, 0.1) is 18.3 Å². The number of methoxy groups -OCH3 is 1. The minimum absolute atomic E-state index is 0.0267. The number of hydroxylamine groups is 1. The van der Waals surface area contributed by atoms with E-state index in [9.17, 15) is 19.9 Å². The van der Waals surface area contributed by atoms with Crippen molar-refractivity contribution in [1.29, 1.82) is 0 Å². The lowest BCUT2D eigenvalue weighted by molar-refractivity contribution is -0.0178. The summed E-state index contributed by atoms with van der Waals surface area (Å²) in [4.78, 5) is 25.6. The Morgan fingerprint density at radius 1 is 1.21 bits per heavy atom. The fourth-order valence-corrected chi connectivity index (χ4v) is 4.75. The first-order chi connectivity index (χ1) is 15.8. The van der Waals surface area contributed by atoms with Crippen LogP contribution >= 0.6 is 11.9 Å². The van der Waals surface area contributed by atoms with Gasteiger partial charge in [-0.25, -0.2) is 4.79 Å². The fourth-order valence-electron chi connectivity index (χ4n) is 3.86. The van der Waals surface area contributed by atoms with Gasteiger partial charge < -0.3 is 24.4 Å². The molecule has 9 heteroatoms. The van der Waals surface area contributed by atoms with Gasteiger partial charge in [-0.1, -0.05) is 13.8 Å². The van der Waals surface area contributed by atoms with E-state index in [0.717, 1.165) is 51.7 Å². The number of aryl methyl sites for hydroxylation is 1. The molecule has 1 fully saturated rings. The summed E-state index contributed by atoms with van der Waals surface area (Å²) in [5.74, 6) is -0.554. The standard InChI is InChI=1S/C22H26N2O6S.C2H6/c1-12-9-16-19(11-18(12)30-8-4-7-29-3)31-24(28)13(2)15-10-17(22(26)27)21(25)23(20(15)16)14-5-6-14;1-2/h9-11,13-14,28H,4-8H2,1-3H3,(H,26,27);1-2H3. The van der Waals surface area contributed by atoms with Crippen LogP contribution in [0.15, 0.2) is 27.9 Å². The van der Waals surface area contributed by atoms with E-state index in [0.29, 0.717) is 30.2 Å². The van der Waals surface area contributed by atoms with Crippen molar-refractivity contribution in [2.45, 2.75) is 63.9 Å². The second-order valence-corrected chi connectivity index (χ2v) is 8.95. The summed E-state index contributed by atoms with van der Waals surface area (Å²) >= 11 is 1.15. The zero-order valence-electron chi connectivity index (χ0n) is 19.8. The number of rotatable bonds is 7. The first kappa shape index (κ1) is 25.3. The van der Waals surface area contributed by atoms with Gasteiger partial charge in [0.15, 0.2) is 0 Å². The van der Waals surface area contributed by atoms with Gasteiger partial charge in [0.25, 0.3) is 5.56 Å². The van der Waals surface area contributed by atoms with Crippen LogP contribution in [0.4, 0.5) is 0 Å². The predicted molar refractivity (Wildman–Crippen MR) is 127 cm³/mol. The van der Waals surface area contributed by atoms with Gasteiger partial charge in [0.2, 0.25) is 0 Å². The van der Waals surface area contributed by atoms with E-state index >= 15 is 0 Å². The van der Waals surface area contributed by atoms with E-state index < -0.39 is 17.6 Å². The largest absolute Gasteiger partial charge is 0.493 e. The van der Waals surface area contributed by atoms with Crippen LogP contribution in [0.2, 0.25) is 0 Å². The topological polar surface area (TPSA) is 101 Å². The SMILES string of the molecule is CC.COCCCOc1cc2c(cc1C)-c1c(cc(C(=O)O)c(=O)n1C1CC1)C(C)N(O)S2. The number of carboxylic acid groups (broad SMARTS) is 1. The van der Waals surface area contributed by atoms with Crippen LogP contribution < -0.4 is 10.3 Å². The number of benzene rings is 1. The third-order valence-electron chi connectivity index (χ3n) is 5.66. The Bertz CT molecular complexity index is 1080. The van der Waals surface area contributed by atoms with Crippen molar-refractivity contribution in [2.75, 3.05) is 20.3 Å². The van der Waals surface area contributed by atoms with Gasteiger partial charge in [0.1, 0.15) is 11.3 Å². The molecule has 1 aromatic carbocycles. The predicted octanol–water partition coefficient (Wildman–Crippen LogP) is 5.07. The molecule has 1 aromatic heterocycles. The summed E-state index contributed by atoms with van der Waals surface area (Å²) in [7, 11) is 1.65. The number of nitrogens with zero attached hydrogens (tertiary/aromatic N) is 2. The molecular weight excluding hydrogens is 444 g/mol. The molecule has 1 aliphatic heterocycles. The number of carbonyl (C=O) groups is 1. The van der Waals surface area contributed by atoms with Crippen molar-refractivity contribution < 1.29 is 24.6 Å². The highest BCUT2D eigenvalue weighted by molar-refractivity contribution is 7.97. The van der Waals surface area contributed by atoms with Crippen molar-refractivity contribution in [3.8, 4) is 17.0 Å². The van der Waals surface area contributed by atoms with Gasteiger partial charge in [-0.2, -0.15) is 0 Å².